The minimum atomic E-state index is -4.42. The second-order valence-electron chi connectivity index (χ2n) is 5.11. The van der Waals surface area contributed by atoms with E-state index in [1.54, 1.807) is 19.2 Å². The number of hydrogen-bond acceptors (Lipinski definition) is 4. The standard InChI is InChI=1S/C16H14F3N3O3/c1-2-24-15-21-13-12(7-8-20-13)14(23)22(15)10-3-5-11(6-4-10)25-9-16(17,18)19/h3-8,20H,2,9H2,1H3. The third-order valence-electron chi connectivity index (χ3n) is 3.33. The first-order chi connectivity index (χ1) is 11.9. The molecule has 0 fully saturated rings. The number of nitrogens with one attached hydrogen (secondary N) is 1. The molecule has 3 rings (SSSR count). The Labute approximate surface area is 139 Å². The number of rotatable bonds is 5. The summed E-state index contributed by atoms with van der Waals surface area (Å²) in [5.41, 5.74) is 0.455. The zero-order valence-electron chi connectivity index (χ0n) is 13.1. The zero-order chi connectivity index (χ0) is 18.0. The number of aromatic nitrogens is 3. The van der Waals surface area contributed by atoms with Crippen LogP contribution < -0.4 is 15.0 Å². The highest BCUT2D eigenvalue weighted by atomic mass is 19.4. The van der Waals surface area contributed by atoms with Crippen LogP contribution in [-0.2, 0) is 0 Å². The van der Waals surface area contributed by atoms with Gasteiger partial charge < -0.3 is 14.5 Å². The summed E-state index contributed by atoms with van der Waals surface area (Å²) < 4.78 is 47.9. The first-order valence-electron chi connectivity index (χ1n) is 7.42. The normalized spacial score (nSPS) is 11.7. The fourth-order valence-corrected chi connectivity index (χ4v) is 2.29. The third kappa shape index (κ3) is 3.59. The number of halogens is 3. The van der Waals surface area contributed by atoms with E-state index in [-0.39, 0.29) is 17.3 Å². The van der Waals surface area contributed by atoms with Gasteiger partial charge in [-0.05, 0) is 37.3 Å². The molecule has 132 valence electrons. The molecule has 0 amide bonds. The summed E-state index contributed by atoms with van der Waals surface area (Å²) in [6.45, 7) is 0.669. The molecule has 0 bridgehead atoms. The average molecular weight is 353 g/mol. The number of nitrogens with zero attached hydrogens (tertiary/aromatic N) is 2. The lowest BCUT2D eigenvalue weighted by Crippen LogP contribution is -2.22. The number of fused-ring (bicyclic) bond motifs is 1. The second-order valence-corrected chi connectivity index (χ2v) is 5.11. The minimum Gasteiger partial charge on any atom is -0.484 e. The van der Waals surface area contributed by atoms with Crippen molar-refractivity contribution in [3.05, 3.63) is 46.9 Å². The smallest absolute Gasteiger partial charge is 0.422 e. The van der Waals surface area contributed by atoms with Crippen LogP contribution in [0.3, 0.4) is 0 Å². The quantitative estimate of drug-likeness (QED) is 0.765. The molecule has 25 heavy (non-hydrogen) atoms. The number of benzene rings is 1. The van der Waals surface area contributed by atoms with E-state index >= 15 is 0 Å². The number of alkyl halides is 3. The topological polar surface area (TPSA) is 69.1 Å². The Kier molecular flexibility index (Phi) is 4.39. The Hall–Kier alpha value is -2.97. The van der Waals surface area contributed by atoms with Gasteiger partial charge in [0.05, 0.1) is 17.7 Å². The molecule has 0 aliphatic carbocycles. The van der Waals surface area contributed by atoms with Crippen LogP contribution in [0.2, 0.25) is 0 Å². The van der Waals surface area contributed by atoms with E-state index in [0.717, 1.165) is 0 Å². The summed E-state index contributed by atoms with van der Waals surface area (Å²) in [4.78, 5) is 19.8. The van der Waals surface area contributed by atoms with Crippen LogP contribution in [0.5, 0.6) is 11.8 Å². The molecular weight excluding hydrogens is 339 g/mol. The summed E-state index contributed by atoms with van der Waals surface area (Å²) in [7, 11) is 0. The van der Waals surface area contributed by atoms with E-state index in [4.69, 9.17) is 4.74 Å². The van der Waals surface area contributed by atoms with Crippen LogP contribution in [-0.4, -0.2) is 33.9 Å². The van der Waals surface area contributed by atoms with E-state index in [1.807, 2.05) is 0 Å². The van der Waals surface area contributed by atoms with E-state index < -0.39 is 12.8 Å². The highest BCUT2D eigenvalue weighted by Gasteiger charge is 2.28. The van der Waals surface area contributed by atoms with Crippen molar-refractivity contribution in [1.29, 1.82) is 0 Å². The fraction of sp³-hybridized carbons (Fsp3) is 0.250. The lowest BCUT2D eigenvalue weighted by atomic mass is 10.3. The molecule has 0 spiro atoms. The number of aromatic amines is 1. The van der Waals surface area contributed by atoms with E-state index in [2.05, 4.69) is 14.7 Å². The van der Waals surface area contributed by atoms with Gasteiger partial charge in [-0.15, -0.1) is 0 Å². The molecular formula is C16H14F3N3O3. The van der Waals surface area contributed by atoms with Gasteiger partial charge in [-0.1, -0.05) is 0 Å². The number of ether oxygens (including phenoxy) is 2. The summed E-state index contributed by atoms with van der Waals surface area (Å²) in [5.74, 6) is 0.0442. The van der Waals surface area contributed by atoms with E-state index in [0.29, 0.717) is 23.3 Å². The van der Waals surface area contributed by atoms with Gasteiger partial charge >= 0.3 is 12.2 Å². The molecule has 1 N–H and O–H groups in total. The van der Waals surface area contributed by atoms with Crippen molar-refractivity contribution in [3.63, 3.8) is 0 Å². The van der Waals surface area contributed by atoms with E-state index in [9.17, 15) is 18.0 Å². The molecule has 0 radical (unpaired) electrons. The first-order valence-corrected chi connectivity index (χ1v) is 7.42. The fourth-order valence-electron chi connectivity index (χ4n) is 2.29. The minimum absolute atomic E-state index is 0.0442. The average Bonchev–Trinajstić information content (AvgIpc) is 3.02. The van der Waals surface area contributed by atoms with Crippen molar-refractivity contribution >= 4 is 11.0 Å². The highest BCUT2D eigenvalue weighted by molar-refractivity contribution is 5.75. The molecule has 1 aromatic carbocycles. The molecule has 3 aromatic rings. The Morgan fingerprint density at radius 3 is 2.52 bits per heavy atom. The van der Waals surface area contributed by atoms with Crippen LogP contribution in [0.25, 0.3) is 16.7 Å². The van der Waals surface area contributed by atoms with Crippen molar-refractivity contribution in [2.24, 2.45) is 0 Å². The van der Waals surface area contributed by atoms with Crippen LogP contribution in [0.4, 0.5) is 13.2 Å². The van der Waals surface area contributed by atoms with Crippen LogP contribution in [0.1, 0.15) is 6.92 Å². The van der Waals surface area contributed by atoms with Gasteiger partial charge in [-0.3, -0.25) is 4.79 Å². The first kappa shape index (κ1) is 16.9. The Morgan fingerprint density at radius 2 is 1.88 bits per heavy atom. The summed E-state index contributed by atoms with van der Waals surface area (Å²) in [6.07, 6.45) is -2.83. The summed E-state index contributed by atoms with van der Waals surface area (Å²) in [6, 6.07) is 7.32. The van der Waals surface area contributed by atoms with Crippen molar-refractivity contribution in [1.82, 2.24) is 14.5 Å². The summed E-state index contributed by atoms with van der Waals surface area (Å²) in [5, 5.41) is 0.376. The largest absolute Gasteiger partial charge is 0.484 e. The third-order valence-corrected chi connectivity index (χ3v) is 3.33. The van der Waals surface area contributed by atoms with Crippen molar-refractivity contribution in [3.8, 4) is 17.4 Å². The molecule has 0 atom stereocenters. The van der Waals surface area contributed by atoms with Gasteiger partial charge in [-0.2, -0.15) is 18.2 Å². The van der Waals surface area contributed by atoms with Crippen LogP contribution >= 0.6 is 0 Å². The van der Waals surface area contributed by atoms with Gasteiger partial charge in [0.1, 0.15) is 11.4 Å². The maximum absolute atomic E-state index is 12.7. The summed E-state index contributed by atoms with van der Waals surface area (Å²) >= 11 is 0. The maximum Gasteiger partial charge on any atom is 0.422 e. The molecule has 9 heteroatoms. The molecule has 0 aliphatic heterocycles. The Bertz CT molecular complexity index is 930. The second kappa shape index (κ2) is 6.50. The monoisotopic (exact) mass is 353 g/mol. The molecule has 2 heterocycles. The number of hydrogen-bond donors (Lipinski definition) is 1. The van der Waals surface area contributed by atoms with Crippen molar-refractivity contribution in [2.45, 2.75) is 13.1 Å². The molecule has 0 unspecified atom stereocenters. The molecule has 0 aliphatic rings. The molecule has 6 nitrogen and oxygen atoms in total. The SMILES string of the molecule is CCOc1nc2[nH]ccc2c(=O)n1-c1ccc(OCC(F)(F)F)cc1. The van der Waals surface area contributed by atoms with E-state index in [1.165, 1.54) is 28.8 Å². The molecule has 0 saturated heterocycles. The lowest BCUT2D eigenvalue weighted by molar-refractivity contribution is -0.153. The zero-order valence-corrected chi connectivity index (χ0v) is 13.1. The molecule has 0 saturated carbocycles. The van der Waals surface area contributed by atoms with Gasteiger partial charge in [0, 0.05) is 6.20 Å². The number of H-pyrrole nitrogens is 1. The Balaban J connectivity index is 1.99. The molecule has 2 aromatic heterocycles. The Morgan fingerprint density at radius 1 is 1.16 bits per heavy atom. The predicted molar refractivity (Wildman–Crippen MR) is 84.4 cm³/mol. The van der Waals surface area contributed by atoms with Gasteiger partial charge in [0.2, 0.25) is 0 Å². The van der Waals surface area contributed by atoms with Gasteiger partial charge in [0.15, 0.2) is 6.61 Å². The maximum atomic E-state index is 12.7. The van der Waals surface area contributed by atoms with Gasteiger partial charge in [0.25, 0.3) is 5.56 Å². The van der Waals surface area contributed by atoms with Gasteiger partial charge in [-0.25, -0.2) is 4.57 Å². The van der Waals surface area contributed by atoms with Crippen LogP contribution in [0.15, 0.2) is 41.3 Å². The van der Waals surface area contributed by atoms with Crippen LogP contribution in [0, 0.1) is 0 Å². The highest BCUT2D eigenvalue weighted by Crippen LogP contribution is 2.22. The lowest BCUT2D eigenvalue weighted by Gasteiger charge is -2.13. The van der Waals surface area contributed by atoms with Crippen molar-refractivity contribution < 1.29 is 22.6 Å². The predicted octanol–water partition coefficient (Wildman–Crippen LogP) is 3.05. The van der Waals surface area contributed by atoms with Crippen molar-refractivity contribution in [2.75, 3.05) is 13.2 Å².